The van der Waals surface area contributed by atoms with Crippen molar-refractivity contribution in [2.75, 3.05) is 17.7 Å². The fourth-order valence-electron chi connectivity index (χ4n) is 3.21. The molecule has 0 fully saturated rings. The van der Waals surface area contributed by atoms with Crippen LogP contribution in [-0.2, 0) is 6.18 Å². The Morgan fingerprint density at radius 1 is 0.970 bits per heavy atom. The van der Waals surface area contributed by atoms with Crippen molar-refractivity contribution in [3.05, 3.63) is 83.7 Å². The number of fused-ring (bicyclic) bond motifs is 1. The first kappa shape index (κ1) is 23.8. The largest absolute Gasteiger partial charge is 0.416 e. The van der Waals surface area contributed by atoms with E-state index in [0.29, 0.717) is 11.2 Å². The number of amides is 1. The summed E-state index contributed by atoms with van der Waals surface area (Å²) in [5, 5.41) is 5.56. The maximum atomic E-state index is 13.7. The van der Waals surface area contributed by atoms with Crippen LogP contribution in [0.3, 0.4) is 0 Å². The predicted molar refractivity (Wildman–Crippen MR) is 121 cm³/mol. The van der Waals surface area contributed by atoms with Crippen LogP contribution in [-0.4, -0.2) is 22.5 Å². The molecule has 0 aliphatic heterocycles. The summed E-state index contributed by atoms with van der Waals surface area (Å²) in [6, 6.07) is 15.3. The summed E-state index contributed by atoms with van der Waals surface area (Å²) in [7, 11) is 1.75. The van der Waals surface area contributed by atoms with E-state index in [1.165, 1.54) is 24.3 Å². The molecule has 0 aliphatic rings. The molecule has 0 unspecified atom stereocenters. The second kappa shape index (κ2) is 9.72. The molecule has 0 atom stereocenters. The Kier molecular flexibility index (Phi) is 7.01. The van der Waals surface area contributed by atoms with Crippen LogP contribution in [0.15, 0.2) is 66.7 Å². The zero-order valence-corrected chi connectivity index (χ0v) is 18.2. The lowest BCUT2D eigenvalue weighted by molar-refractivity contribution is -0.137. The van der Waals surface area contributed by atoms with E-state index in [-0.39, 0.29) is 17.0 Å². The molecule has 2 N–H and O–H groups in total. The fourth-order valence-corrected chi connectivity index (χ4v) is 3.21. The first-order chi connectivity index (χ1) is 15.8. The lowest BCUT2D eigenvalue weighted by Crippen LogP contribution is -2.16. The smallest absolute Gasteiger partial charge is 0.388 e. The highest BCUT2D eigenvalue weighted by molar-refractivity contribution is 6.04. The molecule has 1 heterocycles. The van der Waals surface area contributed by atoms with E-state index in [4.69, 9.17) is 0 Å². The quantitative estimate of drug-likeness (QED) is 0.343. The number of nitrogens with one attached hydrogen (secondary N) is 2. The molecule has 0 saturated heterocycles. The van der Waals surface area contributed by atoms with Gasteiger partial charge in [-0.05, 0) is 48.5 Å². The minimum Gasteiger partial charge on any atom is -0.388 e. The van der Waals surface area contributed by atoms with Crippen LogP contribution in [0.25, 0.3) is 16.7 Å². The van der Waals surface area contributed by atoms with E-state index >= 15 is 0 Å². The number of hydrogen-bond acceptors (Lipinski definition) is 3. The minimum atomic E-state index is -4.57. The summed E-state index contributed by atoms with van der Waals surface area (Å²) in [6.07, 6.45) is -4.57. The Labute approximate surface area is 188 Å². The molecule has 1 aromatic heterocycles. The topological polar surface area (TPSA) is 59.0 Å². The number of anilines is 2. The Bertz CT molecular complexity index is 1280. The molecular weight excluding hydrogens is 436 g/mol. The number of aromatic nitrogens is 2. The summed E-state index contributed by atoms with van der Waals surface area (Å²) < 4.78 is 54.3. The van der Waals surface area contributed by atoms with Crippen LogP contribution < -0.4 is 10.6 Å². The van der Waals surface area contributed by atoms with E-state index in [9.17, 15) is 22.4 Å². The summed E-state index contributed by atoms with van der Waals surface area (Å²) in [6.45, 7) is 4.00. The predicted octanol–water partition coefficient (Wildman–Crippen LogP) is 6.50. The number of alkyl halides is 3. The Balaban J connectivity index is 0.00000149. The maximum Gasteiger partial charge on any atom is 0.416 e. The summed E-state index contributed by atoms with van der Waals surface area (Å²) in [5.41, 5.74) is 1.11. The Morgan fingerprint density at radius 2 is 1.70 bits per heavy atom. The lowest BCUT2D eigenvalue weighted by atomic mass is 10.1. The SMILES string of the molecule is CC.CNc1cccc(-n2c(NC(=O)c3cccc(C(F)(F)F)c3)nc3cc(F)ccc32)c1. The molecule has 172 valence electrons. The number of carbonyl (C=O) groups is 1. The molecule has 4 aromatic rings. The van der Waals surface area contributed by atoms with Gasteiger partial charge in [0.2, 0.25) is 5.95 Å². The third-order valence-electron chi connectivity index (χ3n) is 4.69. The van der Waals surface area contributed by atoms with Crippen molar-refractivity contribution in [2.24, 2.45) is 0 Å². The highest BCUT2D eigenvalue weighted by atomic mass is 19.4. The molecule has 9 heteroatoms. The summed E-state index contributed by atoms with van der Waals surface area (Å²) >= 11 is 0. The number of nitrogens with zero attached hydrogens (tertiary/aromatic N) is 2. The normalized spacial score (nSPS) is 11.0. The summed E-state index contributed by atoms with van der Waals surface area (Å²) in [4.78, 5) is 17.0. The van der Waals surface area contributed by atoms with Gasteiger partial charge in [0.25, 0.3) is 5.91 Å². The van der Waals surface area contributed by atoms with Crippen molar-refractivity contribution in [1.82, 2.24) is 9.55 Å². The van der Waals surface area contributed by atoms with Crippen LogP contribution in [0, 0.1) is 5.82 Å². The molecule has 5 nitrogen and oxygen atoms in total. The Hall–Kier alpha value is -3.88. The van der Waals surface area contributed by atoms with Gasteiger partial charge in [-0.25, -0.2) is 9.37 Å². The van der Waals surface area contributed by atoms with Gasteiger partial charge in [-0.15, -0.1) is 0 Å². The van der Waals surface area contributed by atoms with Crippen molar-refractivity contribution in [3.8, 4) is 5.69 Å². The molecule has 0 spiro atoms. The van der Waals surface area contributed by atoms with Crippen LogP contribution in [0.5, 0.6) is 0 Å². The number of carbonyl (C=O) groups excluding carboxylic acids is 1. The van der Waals surface area contributed by atoms with Crippen molar-refractivity contribution in [3.63, 3.8) is 0 Å². The average Bonchev–Trinajstić information content (AvgIpc) is 3.16. The zero-order valence-electron chi connectivity index (χ0n) is 18.2. The van der Waals surface area contributed by atoms with Crippen LogP contribution in [0.4, 0.5) is 29.2 Å². The van der Waals surface area contributed by atoms with Crippen molar-refractivity contribution in [1.29, 1.82) is 0 Å². The van der Waals surface area contributed by atoms with Crippen LogP contribution in [0.2, 0.25) is 0 Å². The molecule has 4 rings (SSSR count). The Morgan fingerprint density at radius 3 is 2.39 bits per heavy atom. The number of hydrogen-bond donors (Lipinski definition) is 2. The minimum absolute atomic E-state index is 0.0521. The van der Waals surface area contributed by atoms with Gasteiger partial charge in [0.1, 0.15) is 5.82 Å². The molecule has 0 aliphatic carbocycles. The highest BCUT2D eigenvalue weighted by Crippen LogP contribution is 2.30. The van der Waals surface area contributed by atoms with E-state index < -0.39 is 23.5 Å². The first-order valence-electron chi connectivity index (χ1n) is 10.2. The maximum absolute atomic E-state index is 13.7. The standard InChI is InChI=1S/C22H16F4N4O.C2H6/c1-27-16-6-3-7-17(12-16)30-19-9-8-15(23)11-18(19)28-21(30)29-20(31)13-4-2-5-14(10-13)22(24,25)26;1-2/h2-12,27H,1H3,(H,28,29,31);1-2H3. The van der Waals surface area contributed by atoms with Gasteiger partial charge in [0.15, 0.2) is 0 Å². The van der Waals surface area contributed by atoms with Gasteiger partial charge < -0.3 is 5.32 Å². The van der Waals surface area contributed by atoms with Crippen molar-refractivity contribution < 1.29 is 22.4 Å². The van der Waals surface area contributed by atoms with E-state index in [0.717, 1.165) is 23.9 Å². The van der Waals surface area contributed by atoms with E-state index in [1.807, 2.05) is 19.9 Å². The second-order valence-corrected chi connectivity index (χ2v) is 6.74. The van der Waals surface area contributed by atoms with Gasteiger partial charge in [0.05, 0.1) is 22.3 Å². The molecule has 33 heavy (non-hydrogen) atoms. The van der Waals surface area contributed by atoms with Gasteiger partial charge in [0, 0.05) is 24.4 Å². The molecule has 0 bridgehead atoms. The number of rotatable bonds is 4. The van der Waals surface area contributed by atoms with Gasteiger partial charge in [-0.2, -0.15) is 13.2 Å². The third kappa shape index (κ3) is 5.14. The average molecular weight is 458 g/mol. The number of halogens is 4. The molecule has 1 amide bonds. The van der Waals surface area contributed by atoms with Crippen molar-refractivity contribution in [2.45, 2.75) is 20.0 Å². The van der Waals surface area contributed by atoms with Crippen LogP contribution >= 0.6 is 0 Å². The fraction of sp³-hybridized carbons (Fsp3) is 0.167. The first-order valence-corrected chi connectivity index (χ1v) is 10.2. The number of imidazole rings is 1. The van der Waals surface area contributed by atoms with E-state index in [2.05, 4.69) is 15.6 Å². The molecule has 3 aromatic carbocycles. The van der Waals surface area contributed by atoms with E-state index in [1.54, 1.807) is 29.8 Å². The van der Waals surface area contributed by atoms with Crippen LogP contribution in [0.1, 0.15) is 29.8 Å². The molecule has 0 radical (unpaired) electrons. The van der Waals surface area contributed by atoms with Gasteiger partial charge in [-0.3, -0.25) is 14.7 Å². The van der Waals surface area contributed by atoms with Gasteiger partial charge in [-0.1, -0.05) is 26.0 Å². The highest BCUT2D eigenvalue weighted by Gasteiger charge is 2.31. The zero-order chi connectivity index (χ0) is 24.2. The second-order valence-electron chi connectivity index (χ2n) is 6.74. The molecule has 0 saturated carbocycles. The van der Waals surface area contributed by atoms with Crippen molar-refractivity contribution >= 4 is 28.6 Å². The third-order valence-corrected chi connectivity index (χ3v) is 4.69. The molecular formula is C24H22F4N4O. The monoisotopic (exact) mass is 458 g/mol. The number of benzene rings is 3. The lowest BCUT2D eigenvalue weighted by Gasteiger charge is -2.12. The summed E-state index contributed by atoms with van der Waals surface area (Å²) in [5.74, 6) is -1.22. The van der Waals surface area contributed by atoms with Gasteiger partial charge >= 0.3 is 6.18 Å².